The molecule has 0 aromatic heterocycles. The number of benzene rings is 2. The summed E-state index contributed by atoms with van der Waals surface area (Å²) in [7, 11) is -3.09. The second kappa shape index (κ2) is 7.35. The Morgan fingerprint density at radius 2 is 2.00 bits per heavy atom. The molecule has 2 atom stereocenters. The van der Waals surface area contributed by atoms with Crippen molar-refractivity contribution in [3.05, 3.63) is 63.9 Å². The molecule has 2 aliphatic heterocycles. The topological polar surface area (TPSA) is 49.7 Å². The van der Waals surface area contributed by atoms with Crippen LogP contribution in [0.5, 0.6) is 0 Å². The quantitative estimate of drug-likeness (QED) is 0.713. The minimum absolute atomic E-state index is 0.0837. The molecule has 2 aromatic rings. The number of thioether (sulfide) groups is 1. The number of amidine groups is 1. The van der Waals surface area contributed by atoms with Gasteiger partial charge < -0.3 is 4.90 Å². The number of anilines is 1. The average molecular weight is 439 g/mol. The van der Waals surface area contributed by atoms with Gasteiger partial charge in [0.2, 0.25) is 0 Å². The van der Waals surface area contributed by atoms with Gasteiger partial charge in [0, 0.05) is 16.5 Å². The molecular formula is C20H20ClFN2O2S2. The van der Waals surface area contributed by atoms with Crippen LogP contribution < -0.4 is 4.90 Å². The van der Waals surface area contributed by atoms with Crippen LogP contribution in [0.2, 0.25) is 5.02 Å². The maximum absolute atomic E-state index is 13.3. The molecule has 148 valence electrons. The molecular weight excluding hydrogens is 419 g/mol. The summed E-state index contributed by atoms with van der Waals surface area (Å²) < 4.78 is 37.7. The van der Waals surface area contributed by atoms with Crippen molar-refractivity contribution in [1.82, 2.24) is 0 Å². The molecule has 8 heteroatoms. The van der Waals surface area contributed by atoms with E-state index in [4.69, 9.17) is 16.6 Å². The predicted octanol–water partition coefficient (Wildman–Crippen LogP) is 4.37. The minimum Gasteiger partial charge on any atom is -0.315 e. The average Bonchev–Trinajstić information content (AvgIpc) is 3.07. The number of aryl methyl sites for hydroxylation is 2. The Bertz CT molecular complexity index is 1070. The maximum atomic E-state index is 13.3. The number of hydrogen-bond acceptors (Lipinski definition) is 5. The van der Waals surface area contributed by atoms with Gasteiger partial charge in [0.1, 0.15) is 5.82 Å². The van der Waals surface area contributed by atoms with Gasteiger partial charge in [-0.2, -0.15) is 0 Å². The Hall–Kier alpha value is -1.57. The Morgan fingerprint density at radius 3 is 2.75 bits per heavy atom. The lowest BCUT2D eigenvalue weighted by molar-refractivity contribution is 0.601. The molecule has 1 fully saturated rings. The zero-order chi connectivity index (χ0) is 20.1. The number of fused-ring (bicyclic) bond motifs is 1. The van der Waals surface area contributed by atoms with E-state index in [9.17, 15) is 12.8 Å². The standard InChI is InChI=1S/C20H20ClFN2O2S2/c1-12-3-4-13(2)18(7-12)24-19-11-28(25,26)10-17(19)23-20(24)27-9-14-5-6-15(22)8-16(14)21/h3-8,17,19H,9-11H2,1-2H3/t17-,19+/m0/s1. The molecule has 2 aliphatic rings. The van der Waals surface area contributed by atoms with Crippen molar-refractivity contribution in [2.75, 3.05) is 16.4 Å². The minimum atomic E-state index is -3.09. The van der Waals surface area contributed by atoms with Gasteiger partial charge in [0.15, 0.2) is 15.0 Å². The Morgan fingerprint density at radius 1 is 1.21 bits per heavy atom. The highest BCUT2D eigenvalue weighted by Gasteiger charge is 2.47. The highest BCUT2D eigenvalue weighted by Crippen LogP contribution is 2.38. The third kappa shape index (κ3) is 3.80. The monoisotopic (exact) mass is 438 g/mol. The van der Waals surface area contributed by atoms with Crippen LogP contribution in [0.4, 0.5) is 10.1 Å². The molecule has 28 heavy (non-hydrogen) atoms. The number of aliphatic imine (C=N–C) groups is 1. The highest BCUT2D eigenvalue weighted by molar-refractivity contribution is 8.13. The maximum Gasteiger partial charge on any atom is 0.164 e. The van der Waals surface area contributed by atoms with Crippen LogP contribution in [0.25, 0.3) is 0 Å². The third-order valence-electron chi connectivity index (χ3n) is 5.10. The molecule has 2 heterocycles. The van der Waals surface area contributed by atoms with E-state index in [1.807, 2.05) is 26.0 Å². The Labute approximate surface area is 173 Å². The van der Waals surface area contributed by atoms with E-state index in [1.54, 1.807) is 6.07 Å². The van der Waals surface area contributed by atoms with Crippen LogP contribution in [0.15, 0.2) is 41.4 Å². The van der Waals surface area contributed by atoms with Gasteiger partial charge >= 0.3 is 0 Å². The summed E-state index contributed by atoms with van der Waals surface area (Å²) in [4.78, 5) is 6.81. The first-order valence-electron chi connectivity index (χ1n) is 8.95. The van der Waals surface area contributed by atoms with Gasteiger partial charge in [-0.05, 0) is 48.7 Å². The summed E-state index contributed by atoms with van der Waals surface area (Å²) in [5.41, 5.74) is 3.99. The molecule has 0 spiro atoms. The first kappa shape index (κ1) is 19.7. The van der Waals surface area contributed by atoms with Crippen molar-refractivity contribution in [1.29, 1.82) is 0 Å². The molecule has 0 unspecified atom stereocenters. The van der Waals surface area contributed by atoms with Gasteiger partial charge in [-0.3, -0.25) is 4.99 Å². The lowest BCUT2D eigenvalue weighted by Gasteiger charge is -2.28. The lowest BCUT2D eigenvalue weighted by Crippen LogP contribution is -2.39. The lowest BCUT2D eigenvalue weighted by atomic mass is 10.1. The Kier molecular flexibility index (Phi) is 5.18. The number of halogens is 2. The van der Waals surface area contributed by atoms with E-state index in [1.165, 1.54) is 23.9 Å². The van der Waals surface area contributed by atoms with Crippen LogP contribution in [0.1, 0.15) is 16.7 Å². The number of sulfone groups is 1. The summed E-state index contributed by atoms with van der Waals surface area (Å²) in [6.07, 6.45) is 0. The number of nitrogens with zero attached hydrogens (tertiary/aromatic N) is 2. The summed E-state index contributed by atoms with van der Waals surface area (Å²) in [5, 5.41) is 1.17. The molecule has 0 amide bonds. The van der Waals surface area contributed by atoms with Crippen LogP contribution in [-0.2, 0) is 15.6 Å². The van der Waals surface area contributed by atoms with Crippen molar-refractivity contribution in [2.45, 2.75) is 31.7 Å². The van der Waals surface area contributed by atoms with Gasteiger partial charge in [-0.1, -0.05) is 41.6 Å². The molecule has 1 saturated heterocycles. The van der Waals surface area contributed by atoms with E-state index in [-0.39, 0.29) is 29.4 Å². The van der Waals surface area contributed by atoms with Gasteiger partial charge in [0.05, 0.1) is 23.6 Å². The fourth-order valence-corrected chi connectivity index (χ4v) is 6.95. The van der Waals surface area contributed by atoms with Crippen molar-refractivity contribution in [2.24, 2.45) is 4.99 Å². The van der Waals surface area contributed by atoms with Crippen molar-refractivity contribution in [3.63, 3.8) is 0 Å². The Balaban J connectivity index is 1.66. The van der Waals surface area contributed by atoms with E-state index in [0.29, 0.717) is 10.8 Å². The molecule has 2 aromatic carbocycles. The third-order valence-corrected chi connectivity index (χ3v) is 8.17. The van der Waals surface area contributed by atoms with Gasteiger partial charge in [0.25, 0.3) is 0 Å². The summed E-state index contributed by atoms with van der Waals surface area (Å²) >= 11 is 7.67. The predicted molar refractivity (Wildman–Crippen MR) is 115 cm³/mol. The van der Waals surface area contributed by atoms with Crippen LogP contribution in [0.3, 0.4) is 0 Å². The molecule has 0 bridgehead atoms. The van der Waals surface area contributed by atoms with E-state index in [0.717, 1.165) is 27.5 Å². The summed E-state index contributed by atoms with van der Waals surface area (Å²) in [6.45, 7) is 4.04. The second-order valence-electron chi connectivity index (χ2n) is 7.31. The van der Waals surface area contributed by atoms with Crippen LogP contribution in [0, 0.1) is 19.7 Å². The van der Waals surface area contributed by atoms with E-state index < -0.39 is 9.84 Å². The highest BCUT2D eigenvalue weighted by atomic mass is 35.5. The van der Waals surface area contributed by atoms with Crippen LogP contribution >= 0.6 is 23.4 Å². The molecule has 0 saturated carbocycles. The van der Waals surface area contributed by atoms with E-state index in [2.05, 4.69) is 11.0 Å². The zero-order valence-electron chi connectivity index (χ0n) is 15.5. The van der Waals surface area contributed by atoms with E-state index >= 15 is 0 Å². The first-order chi connectivity index (χ1) is 13.2. The molecule has 4 nitrogen and oxygen atoms in total. The SMILES string of the molecule is Cc1ccc(C)c(N2C(SCc3ccc(F)cc3Cl)=N[C@H]3CS(=O)(=O)C[C@H]32)c1. The fraction of sp³-hybridized carbons (Fsp3) is 0.350. The van der Waals surface area contributed by atoms with Crippen molar-refractivity contribution in [3.8, 4) is 0 Å². The number of rotatable bonds is 3. The molecule has 4 rings (SSSR count). The summed E-state index contributed by atoms with van der Waals surface area (Å²) in [5.74, 6) is 0.357. The van der Waals surface area contributed by atoms with Crippen molar-refractivity contribution < 1.29 is 12.8 Å². The fourth-order valence-electron chi connectivity index (χ4n) is 3.67. The zero-order valence-corrected chi connectivity index (χ0v) is 17.9. The number of hydrogen-bond donors (Lipinski definition) is 0. The second-order valence-corrected chi connectivity index (χ2v) is 10.8. The largest absolute Gasteiger partial charge is 0.315 e. The molecule has 0 aliphatic carbocycles. The van der Waals surface area contributed by atoms with Crippen molar-refractivity contribution >= 4 is 44.1 Å². The van der Waals surface area contributed by atoms with Crippen LogP contribution in [-0.4, -0.2) is 37.2 Å². The molecule has 0 radical (unpaired) electrons. The smallest absolute Gasteiger partial charge is 0.164 e. The molecule has 0 N–H and O–H groups in total. The first-order valence-corrected chi connectivity index (χ1v) is 12.1. The summed E-state index contributed by atoms with van der Waals surface area (Å²) in [6, 6.07) is 10.1. The normalized spacial score (nSPS) is 23.0. The van der Waals surface area contributed by atoms with Gasteiger partial charge in [-0.25, -0.2) is 12.8 Å². The van der Waals surface area contributed by atoms with Gasteiger partial charge in [-0.15, -0.1) is 0 Å².